The largest absolute Gasteiger partial charge is 0.487 e. The van der Waals surface area contributed by atoms with Crippen molar-refractivity contribution in [3.8, 4) is 5.75 Å². The summed E-state index contributed by atoms with van der Waals surface area (Å²) >= 11 is 6.27. The van der Waals surface area contributed by atoms with Gasteiger partial charge in [-0.1, -0.05) is 17.7 Å². The lowest BCUT2D eigenvalue weighted by Crippen LogP contribution is -2.44. The van der Waals surface area contributed by atoms with Crippen LogP contribution in [0.1, 0.15) is 67.9 Å². The summed E-state index contributed by atoms with van der Waals surface area (Å²) in [6, 6.07) is 11.4. The number of aliphatic hydroxyl groups is 2. The number of hydrogen-bond donors (Lipinski definition) is 2. The topological polar surface area (TPSA) is 79.2 Å². The molecule has 36 heavy (non-hydrogen) atoms. The lowest BCUT2D eigenvalue weighted by Gasteiger charge is -2.42. The number of carbonyl (C=O) groups excluding carboxylic acids is 1. The second-order valence-electron chi connectivity index (χ2n) is 11.0. The van der Waals surface area contributed by atoms with E-state index in [0.29, 0.717) is 17.9 Å². The molecule has 2 N–H and O–H groups in total. The molecule has 2 aliphatic rings. The van der Waals surface area contributed by atoms with Gasteiger partial charge in [-0.15, -0.1) is 0 Å². The zero-order chi connectivity index (χ0) is 25.9. The fraction of sp³-hybridized carbons (Fsp3) is 0.552. The minimum atomic E-state index is -0.698. The van der Waals surface area contributed by atoms with Gasteiger partial charge in [0, 0.05) is 18.1 Å². The highest BCUT2D eigenvalue weighted by Gasteiger charge is 2.37. The summed E-state index contributed by atoms with van der Waals surface area (Å²) in [6.07, 6.45) is 4.10. The molecule has 1 fully saturated rings. The second-order valence-corrected chi connectivity index (χ2v) is 11.5. The number of hydrogen-bond acceptors (Lipinski definition) is 6. The number of ether oxygens (including phenoxy) is 2. The summed E-state index contributed by atoms with van der Waals surface area (Å²) in [5.74, 6) is 0.699. The van der Waals surface area contributed by atoms with Crippen LogP contribution in [0.3, 0.4) is 0 Å². The zero-order valence-corrected chi connectivity index (χ0v) is 22.3. The molecule has 2 aromatic rings. The molecule has 196 valence electrons. The molecule has 1 saturated carbocycles. The van der Waals surface area contributed by atoms with Gasteiger partial charge < -0.3 is 24.6 Å². The smallest absolute Gasteiger partial charge is 0.338 e. The van der Waals surface area contributed by atoms with Gasteiger partial charge in [-0.3, -0.25) is 0 Å². The van der Waals surface area contributed by atoms with Gasteiger partial charge in [-0.05, 0) is 106 Å². The van der Waals surface area contributed by atoms with Crippen LogP contribution in [-0.2, 0) is 17.8 Å². The molecule has 1 heterocycles. The third-order valence-electron chi connectivity index (χ3n) is 7.22. The number of esters is 1. The van der Waals surface area contributed by atoms with Crippen molar-refractivity contribution in [2.24, 2.45) is 11.8 Å². The predicted octanol–water partition coefficient (Wildman–Crippen LogP) is 5.40. The van der Waals surface area contributed by atoms with Crippen LogP contribution >= 0.6 is 11.6 Å². The first-order valence-electron chi connectivity index (χ1n) is 13.0. The molecule has 0 radical (unpaired) electrons. The molecule has 0 spiro atoms. The number of carbonyl (C=O) groups is 1. The van der Waals surface area contributed by atoms with Gasteiger partial charge in [0.25, 0.3) is 0 Å². The number of rotatable bonds is 5. The van der Waals surface area contributed by atoms with Crippen molar-refractivity contribution in [3.05, 3.63) is 58.1 Å². The Bertz CT molecular complexity index is 1070. The minimum absolute atomic E-state index is 0.0815. The Balaban J connectivity index is 1.66. The predicted molar refractivity (Wildman–Crippen MR) is 142 cm³/mol. The fourth-order valence-electron chi connectivity index (χ4n) is 5.15. The third-order valence-corrected chi connectivity index (χ3v) is 7.46. The summed E-state index contributed by atoms with van der Waals surface area (Å²) in [5.41, 5.74) is 3.07. The van der Waals surface area contributed by atoms with Crippen LogP contribution in [0.5, 0.6) is 5.75 Å². The highest BCUT2D eigenvalue weighted by molar-refractivity contribution is 6.30. The van der Waals surface area contributed by atoms with E-state index in [9.17, 15) is 15.0 Å². The van der Waals surface area contributed by atoms with E-state index in [0.717, 1.165) is 61.5 Å². The van der Waals surface area contributed by atoms with Crippen molar-refractivity contribution in [2.45, 2.75) is 71.2 Å². The molecule has 0 bridgehead atoms. The van der Waals surface area contributed by atoms with E-state index in [-0.39, 0.29) is 24.4 Å². The number of nitrogens with zero attached hydrogens (tertiary/aromatic N) is 1. The van der Waals surface area contributed by atoms with Crippen LogP contribution in [0.2, 0.25) is 5.02 Å². The van der Waals surface area contributed by atoms with Gasteiger partial charge in [0.05, 0.1) is 24.0 Å². The Labute approximate surface area is 219 Å². The van der Waals surface area contributed by atoms with E-state index in [4.69, 9.17) is 21.1 Å². The van der Waals surface area contributed by atoms with Crippen LogP contribution in [0, 0.1) is 11.8 Å². The number of benzene rings is 2. The van der Waals surface area contributed by atoms with Gasteiger partial charge in [0.1, 0.15) is 18.0 Å². The lowest BCUT2D eigenvalue weighted by atomic mass is 9.70. The molecule has 0 saturated heterocycles. The summed E-state index contributed by atoms with van der Waals surface area (Å²) < 4.78 is 12.0. The average molecular weight is 516 g/mol. The highest BCUT2D eigenvalue weighted by atomic mass is 35.5. The molecule has 3 atom stereocenters. The number of fused-ring (bicyclic) bond motifs is 2. The van der Waals surface area contributed by atoms with Crippen molar-refractivity contribution < 1.29 is 24.5 Å². The van der Waals surface area contributed by atoms with E-state index in [1.807, 2.05) is 51.1 Å². The molecule has 4 rings (SSSR count). The standard InChI is InChI=1S/C29H38ClNO5/c1-29(2,3)36-28(34)20-9-12-27-25(15-20)31(16-21-8-11-24(21)26(33)17-32)13-5-4-6-19-14-23(30)10-7-22(19)18-35-27/h7,9-10,12,14-15,21,24,26,32-33H,4-6,8,11,13,16-18H2,1-3H3/t21-,24+,26+/m0/s1. The summed E-state index contributed by atoms with van der Waals surface area (Å²) in [4.78, 5) is 15.2. The molecule has 6 nitrogen and oxygen atoms in total. The van der Waals surface area contributed by atoms with Crippen molar-refractivity contribution in [2.75, 3.05) is 24.6 Å². The highest BCUT2D eigenvalue weighted by Crippen LogP contribution is 2.40. The van der Waals surface area contributed by atoms with Gasteiger partial charge >= 0.3 is 5.97 Å². The summed E-state index contributed by atoms with van der Waals surface area (Å²) in [7, 11) is 0. The SMILES string of the molecule is CC(C)(C)OC(=O)c1ccc2c(c1)N(C[C@@H]1CC[C@H]1[C@H](O)CO)CCCCc1cc(Cl)ccc1CO2. The van der Waals surface area contributed by atoms with Crippen molar-refractivity contribution in [1.82, 2.24) is 0 Å². The van der Waals surface area contributed by atoms with Gasteiger partial charge in [0.2, 0.25) is 0 Å². The normalized spacial score (nSPS) is 21.2. The Morgan fingerprint density at radius 3 is 2.67 bits per heavy atom. The summed E-state index contributed by atoms with van der Waals surface area (Å²) in [6.45, 7) is 7.30. The molecule has 0 amide bonds. The monoisotopic (exact) mass is 515 g/mol. The fourth-order valence-corrected chi connectivity index (χ4v) is 5.34. The van der Waals surface area contributed by atoms with E-state index in [2.05, 4.69) is 4.90 Å². The van der Waals surface area contributed by atoms with Crippen molar-refractivity contribution in [3.63, 3.8) is 0 Å². The second kappa shape index (κ2) is 11.4. The van der Waals surface area contributed by atoms with Gasteiger partial charge in [-0.2, -0.15) is 0 Å². The van der Waals surface area contributed by atoms with E-state index < -0.39 is 11.7 Å². The Morgan fingerprint density at radius 1 is 1.17 bits per heavy atom. The van der Waals surface area contributed by atoms with Gasteiger partial charge in [0.15, 0.2) is 0 Å². The average Bonchev–Trinajstić information content (AvgIpc) is 2.83. The Hall–Kier alpha value is -2.28. The maximum atomic E-state index is 12.9. The van der Waals surface area contributed by atoms with E-state index in [1.165, 1.54) is 5.56 Å². The van der Waals surface area contributed by atoms with Crippen LogP contribution in [0.15, 0.2) is 36.4 Å². The molecule has 2 aromatic carbocycles. The number of halogens is 1. The zero-order valence-electron chi connectivity index (χ0n) is 21.5. The minimum Gasteiger partial charge on any atom is -0.487 e. The van der Waals surface area contributed by atoms with Crippen LogP contribution in [-0.4, -0.2) is 47.6 Å². The number of anilines is 1. The molecule has 1 aliphatic carbocycles. The Kier molecular flexibility index (Phi) is 8.48. The molecule has 7 heteroatoms. The summed E-state index contributed by atoms with van der Waals surface area (Å²) in [5, 5.41) is 20.5. The van der Waals surface area contributed by atoms with Crippen molar-refractivity contribution in [1.29, 1.82) is 0 Å². The maximum Gasteiger partial charge on any atom is 0.338 e. The van der Waals surface area contributed by atoms with Gasteiger partial charge in [-0.25, -0.2) is 4.79 Å². The quantitative estimate of drug-likeness (QED) is 0.519. The number of aryl methyl sites for hydroxylation is 1. The first-order valence-corrected chi connectivity index (χ1v) is 13.3. The molecule has 1 aliphatic heterocycles. The Morgan fingerprint density at radius 2 is 1.97 bits per heavy atom. The first-order chi connectivity index (χ1) is 17.1. The number of aliphatic hydroxyl groups excluding tert-OH is 2. The molecular formula is C29H38ClNO5. The van der Waals surface area contributed by atoms with E-state index >= 15 is 0 Å². The van der Waals surface area contributed by atoms with Crippen LogP contribution < -0.4 is 9.64 Å². The van der Waals surface area contributed by atoms with E-state index in [1.54, 1.807) is 6.07 Å². The lowest BCUT2D eigenvalue weighted by molar-refractivity contribution is -0.0181. The van der Waals surface area contributed by atoms with Crippen LogP contribution in [0.25, 0.3) is 0 Å². The molecule has 0 unspecified atom stereocenters. The van der Waals surface area contributed by atoms with Crippen molar-refractivity contribution >= 4 is 23.3 Å². The first kappa shape index (κ1) is 26.8. The third kappa shape index (κ3) is 6.53. The molecular weight excluding hydrogens is 478 g/mol. The maximum absolute atomic E-state index is 12.9. The van der Waals surface area contributed by atoms with Crippen LogP contribution in [0.4, 0.5) is 5.69 Å². The molecule has 0 aromatic heterocycles.